The zero-order chi connectivity index (χ0) is 18.7. The molecule has 2 aliphatic rings. The molecule has 0 heterocycles. The van der Waals surface area contributed by atoms with Crippen LogP contribution in [-0.2, 0) is 5.41 Å². The lowest BCUT2D eigenvalue weighted by Gasteiger charge is -2.38. The molecule has 2 fully saturated rings. The predicted molar refractivity (Wildman–Crippen MR) is 103 cm³/mol. The summed E-state index contributed by atoms with van der Waals surface area (Å²) in [5, 5.41) is 21.5. The van der Waals surface area contributed by atoms with Gasteiger partial charge >= 0.3 is 0 Å². The molecule has 26 heavy (non-hydrogen) atoms. The Morgan fingerprint density at radius 1 is 1.27 bits per heavy atom. The summed E-state index contributed by atoms with van der Waals surface area (Å²) in [4.78, 5) is 13.9. The highest BCUT2D eigenvalue weighted by Gasteiger charge is 2.40. The van der Waals surface area contributed by atoms with E-state index in [0.29, 0.717) is 12.0 Å². The monoisotopic (exact) mass is 355 g/mol. The molecule has 0 spiro atoms. The summed E-state index contributed by atoms with van der Waals surface area (Å²) in [6, 6.07) is 8.32. The molecule has 1 aromatic rings. The van der Waals surface area contributed by atoms with Gasteiger partial charge in [0.15, 0.2) is 0 Å². The van der Waals surface area contributed by atoms with Crippen LogP contribution in [0.25, 0.3) is 0 Å². The molecule has 1 aromatic carbocycles. The molecule has 2 aliphatic carbocycles. The van der Waals surface area contributed by atoms with Gasteiger partial charge in [-0.15, -0.1) is 0 Å². The third-order valence-corrected chi connectivity index (χ3v) is 6.03. The fourth-order valence-corrected chi connectivity index (χ4v) is 4.44. The van der Waals surface area contributed by atoms with E-state index in [1.807, 2.05) is 12.1 Å². The molecular weight excluding hydrogens is 326 g/mol. The topological polar surface area (TPSA) is 70.2 Å². The van der Waals surface area contributed by atoms with E-state index in [-0.39, 0.29) is 10.6 Å². The minimum Gasteiger partial charge on any atom is -0.363 e. The third-order valence-electron chi connectivity index (χ3n) is 6.03. The maximum absolute atomic E-state index is 11.9. The molecule has 0 saturated heterocycles. The number of hydrogen-bond acceptors (Lipinski definition) is 4. The van der Waals surface area contributed by atoms with Gasteiger partial charge in [-0.1, -0.05) is 39.2 Å². The second-order valence-electron chi connectivity index (χ2n) is 8.35. The van der Waals surface area contributed by atoms with Gasteiger partial charge in [0.1, 0.15) is 5.69 Å². The predicted octanol–water partition coefficient (Wildman–Crippen LogP) is 5.34. The van der Waals surface area contributed by atoms with Gasteiger partial charge < -0.3 is 4.90 Å². The molecular formula is C21H29N3O2. The average molecular weight is 355 g/mol. The van der Waals surface area contributed by atoms with Gasteiger partial charge in [-0.05, 0) is 49.7 Å². The molecule has 0 unspecified atom stereocenters. The maximum Gasteiger partial charge on any atom is 0.292 e. The number of nitro groups is 1. The highest BCUT2D eigenvalue weighted by molar-refractivity contribution is 5.66. The van der Waals surface area contributed by atoms with Crippen molar-refractivity contribution in [3.05, 3.63) is 33.9 Å². The second kappa shape index (κ2) is 7.65. The van der Waals surface area contributed by atoms with E-state index in [1.165, 1.54) is 19.3 Å². The Labute approximate surface area is 156 Å². The van der Waals surface area contributed by atoms with Crippen LogP contribution in [0.5, 0.6) is 0 Å². The smallest absolute Gasteiger partial charge is 0.292 e. The summed E-state index contributed by atoms with van der Waals surface area (Å²) in [6.07, 6.45) is 8.49. The van der Waals surface area contributed by atoms with Crippen LogP contribution in [0.15, 0.2) is 18.2 Å². The Hall–Kier alpha value is -2.09. The lowest BCUT2D eigenvalue weighted by molar-refractivity contribution is -0.384. The summed E-state index contributed by atoms with van der Waals surface area (Å²) in [7, 11) is 0. The van der Waals surface area contributed by atoms with E-state index in [4.69, 9.17) is 0 Å². The maximum atomic E-state index is 11.9. The summed E-state index contributed by atoms with van der Waals surface area (Å²) >= 11 is 0. The van der Waals surface area contributed by atoms with E-state index in [1.54, 1.807) is 6.07 Å². The van der Waals surface area contributed by atoms with Crippen LogP contribution < -0.4 is 4.90 Å². The average Bonchev–Trinajstić information content (AvgIpc) is 2.60. The van der Waals surface area contributed by atoms with Crippen LogP contribution in [0.3, 0.4) is 0 Å². The van der Waals surface area contributed by atoms with E-state index < -0.39 is 5.41 Å². The van der Waals surface area contributed by atoms with Gasteiger partial charge in [-0.2, -0.15) is 5.26 Å². The molecule has 0 radical (unpaired) electrons. The van der Waals surface area contributed by atoms with Gasteiger partial charge in [0.2, 0.25) is 0 Å². The minimum atomic E-state index is -0.517. The lowest BCUT2D eigenvalue weighted by Crippen LogP contribution is -2.40. The largest absolute Gasteiger partial charge is 0.363 e. The summed E-state index contributed by atoms with van der Waals surface area (Å²) in [6.45, 7) is 5.15. The molecule has 0 bridgehead atoms. The Morgan fingerprint density at radius 3 is 2.46 bits per heavy atom. The molecule has 0 aromatic heterocycles. The van der Waals surface area contributed by atoms with Crippen molar-refractivity contribution in [1.29, 1.82) is 5.26 Å². The SMILES string of the molecule is CC(C)CN(c1ccc(C2(C#N)CCC2)cc1[N+](=O)[O-])C1CCCCC1. The minimum absolute atomic E-state index is 0.162. The third kappa shape index (κ3) is 3.56. The second-order valence-corrected chi connectivity index (χ2v) is 8.35. The highest BCUT2D eigenvalue weighted by Crippen LogP contribution is 2.45. The highest BCUT2D eigenvalue weighted by atomic mass is 16.6. The van der Waals surface area contributed by atoms with Crippen molar-refractivity contribution in [3.63, 3.8) is 0 Å². The van der Waals surface area contributed by atoms with E-state index >= 15 is 0 Å². The first-order chi connectivity index (χ1) is 12.5. The Balaban J connectivity index is 2.00. The van der Waals surface area contributed by atoms with Gasteiger partial charge in [0.25, 0.3) is 5.69 Å². The molecule has 0 N–H and O–H groups in total. The number of hydrogen-bond donors (Lipinski definition) is 0. The zero-order valence-electron chi connectivity index (χ0n) is 15.9. The van der Waals surface area contributed by atoms with E-state index in [0.717, 1.165) is 49.9 Å². The van der Waals surface area contributed by atoms with Crippen molar-refractivity contribution in [2.45, 2.75) is 76.7 Å². The number of nitrogens with zero attached hydrogens (tertiary/aromatic N) is 3. The number of benzene rings is 1. The van der Waals surface area contributed by atoms with Crippen LogP contribution in [-0.4, -0.2) is 17.5 Å². The van der Waals surface area contributed by atoms with Crippen LogP contribution in [0.1, 0.15) is 70.8 Å². The lowest BCUT2D eigenvalue weighted by atomic mass is 9.65. The molecule has 0 amide bonds. The molecule has 0 aliphatic heterocycles. The van der Waals surface area contributed by atoms with Gasteiger partial charge in [0, 0.05) is 18.7 Å². The van der Waals surface area contributed by atoms with Crippen molar-refractivity contribution >= 4 is 11.4 Å². The Morgan fingerprint density at radius 2 is 1.96 bits per heavy atom. The van der Waals surface area contributed by atoms with Gasteiger partial charge in [-0.25, -0.2) is 0 Å². The van der Waals surface area contributed by atoms with E-state index in [9.17, 15) is 15.4 Å². The first-order valence-corrected chi connectivity index (χ1v) is 9.93. The van der Waals surface area contributed by atoms with Crippen molar-refractivity contribution in [1.82, 2.24) is 0 Å². The number of rotatable bonds is 6. The van der Waals surface area contributed by atoms with Crippen LogP contribution >= 0.6 is 0 Å². The molecule has 5 heteroatoms. The van der Waals surface area contributed by atoms with E-state index in [2.05, 4.69) is 24.8 Å². The number of nitriles is 1. The van der Waals surface area contributed by atoms with Crippen molar-refractivity contribution in [2.24, 2.45) is 5.92 Å². The van der Waals surface area contributed by atoms with Crippen LogP contribution in [0, 0.1) is 27.4 Å². The number of nitro benzene ring substituents is 1. The van der Waals surface area contributed by atoms with Gasteiger partial charge in [-0.3, -0.25) is 10.1 Å². The summed E-state index contributed by atoms with van der Waals surface area (Å²) < 4.78 is 0. The molecule has 3 rings (SSSR count). The molecule has 5 nitrogen and oxygen atoms in total. The quantitative estimate of drug-likeness (QED) is 0.510. The fraction of sp³-hybridized carbons (Fsp3) is 0.667. The molecule has 2 saturated carbocycles. The van der Waals surface area contributed by atoms with Crippen molar-refractivity contribution in [3.8, 4) is 6.07 Å². The standard InChI is InChI=1S/C21H29N3O2/c1-16(2)14-23(18-7-4-3-5-8-18)19-10-9-17(13-20(19)24(25)26)21(15-22)11-6-12-21/h9-10,13,16,18H,3-8,11-12,14H2,1-2H3. The first-order valence-electron chi connectivity index (χ1n) is 9.93. The zero-order valence-corrected chi connectivity index (χ0v) is 15.9. The fourth-order valence-electron chi connectivity index (χ4n) is 4.44. The van der Waals surface area contributed by atoms with Gasteiger partial charge in [0.05, 0.1) is 16.4 Å². The number of anilines is 1. The molecule has 0 atom stereocenters. The summed E-state index contributed by atoms with van der Waals surface area (Å²) in [5.41, 5.74) is 1.19. The normalized spacial score (nSPS) is 19.6. The summed E-state index contributed by atoms with van der Waals surface area (Å²) in [5.74, 6) is 0.438. The van der Waals surface area contributed by atoms with Crippen LogP contribution in [0.2, 0.25) is 0 Å². The Bertz CT molecular complexity index is 698. The first kappa shape index (κ1) is 18.7. The van der Waals surface area contributed by atoms with Crippen molar-refractivity contribution < 1.29 is 4.92 Å². The van der Waals surface area contributed by atoms with Crippen LogP contribution in [0.4, 0.5) is 11.4 Å². The Kier molecular flexibility index (Phi) is 5.50. The van der Waals surface area contributed by atoms with Crippen molar-refractivity contribution in [2.75, 3.05) is 11.4 Å². The molecule has 140 valence electrons.